The van der Waals surface area contributed by atoms with Crippen molar-refractivity contribution in [3.63, 3.8) is 0 Å². The van der Waals surface area contributed by atoms with Gasteiger partial charge < -0.3 is 10.0 Å². The number of nitrogens with zero attached hydrogens (tertiary/aromatic N) is 1. The lowest BCUT2D eigenvalue weighted by Gasteiger charge is -2.27. The van der Waals surface area contributed by atoms with Gasteiger partial charge in [-0.1, -0.05) is 0 Å². The topological polar surface area (TPSA) is 23.5 Å². The molecule has 3 heteroatoms. The summed E-state index contributed by atoms with van der Waals surface area (Å²) in [5.41, 5.74) is 1.03. The van der Waals surface area contributed by atoms with E-state index in [9.17, 15) is 5.11 Å². The van der Waals surface area contributed by atoms with Crippen LogP contribution in [-0.4, -0.2) is 24.3 Å². The van der Waals surface area contributed by atoms with E-state index >= 15 is 0 Å². The molecule has 17 heavy (non-hydrogen) atoms. The molecule has 1 fully saturated rings. The van der Waals surface area contributed by atoms with Gasteiger partial charge in [0.15, 0.2) is 0 Å². The third kappa shape index (κ3) is 3.33. The SMILES string of the molecule is C/C(=C\c1ccc(N2CCCCC2)s1)C(C)O. The Labute approximate surface area is 108 Å². The molecular formula is C14H21NOS. The summed E-state index contributed by atoms with van der Waals surface area (Å²) >= 11 is 1.82. The zero-order valence-electron chi connectivity index (χ0n) is 10.6. The molecule has 2 nitrogen and oxygen atoms in total. The summed E-state index contributed by atoms with van der Waals surface area (Å²) in [6, 6.07) is 4.36. The van der Waals surface area contributed by atoms with Crippen LogP contribution in [0.5, 0.6) is 0 Å². The van der Waals surface area contributed by atoms with Gasteiger partial charge in [-0.05, 0) is 56.9 Å². The van der Waals surface area contributed by atoms with Crippen molar-refractivity contribution in [1.29, 1.82) is 0 Å². The number of aliphatic hydroxyl groups is 1. The summed E-state index contributed by atoms with van der Waals surface area (Å²) in [6.45, 7) is 6.17. The minimum absolute atomic E-state index is 0.351. The summed E-state index contributed by atoms with van der Waals surface area (Å²) in [5, 5.41) is 10.8. The van der Waals surface area contributed by atoms with E-state index in [4.69, 9.17) is 0 Å². The van der Waals surface area contributed by atoms with E-state index in [1.54, 1.807) is 0 Å². The zero-order valence-corrected chi connectivity index (χ0v) is 11.5. The van der Waals surface area contributed by atoms with Gasteiger partial charge in [-0.2, -0.15) is 0 Å². The summed E-state index contributed by atoms with van der Waals surface area (Å²) in [7, 11) is 0. The molecule has 0 aliphatic carbocycles. The van der Waals surface area contributed by atoms with Crippen molar-refractivity contribution in [2.45, 2.75) is 39.2 Å². The summed E-state index contributed by atoms with van der Waals surface area (Å²) in [4.78, 5) is 3.72. The smallest absolute Gasteiger partial charge is 0.0914 e. The minimum atomic E-state index is -0.351. The molecule has 0 amide bonds. The van der Waals surface area contributed by atoms with E-state index in [-0.39, 0.29) is 6.10 Å². The number of hydrogen-bond donors (Lipinski definition) is 1. The third-order valence-corrected chi connectivity index (χ3v) is 4.40. The fourth-order valence-electron chi connectivity index (χ4n) is 2.05. The van der Waals surface area contributed by atoms with Crippen molar-refractivity contribution in [3.05, 3.63) is 22.6 Å². The van der Waals surface area contributed by atoms with E-state index in [1.807, 2.05) is 25.2 Å². The maximum Gasteiger partial charge on any atom is 0.0914 e. The van der Waals surface area contributed by atoms with Gasteiger partial charge in [0.1, 0.15) is 0 Å². The molecule has 0 saturated carbocycles. The molecule has 1 aromatic heterocycles. The molecule has 1 aromatic rings. The van der Waals surface area contributed by atoms with Gasteiger partial charge in [-0.3, -0.25) is 0 Å². The van der Waals surface area contributed by atoms with Crippen LogP contribution >= 0.6 is 11.3 Å². The van der Waals surface area contributed by atoms with Crippen LogP contribution in [0, 0.1) is 0 Å². The fraction of sp³-hybridized carbons (Fsp3) is 0.571. The molecule has 1 aliphatic rings. The van der Waals surface area contributed by atoms with Crippen LogP contribution in [0.3, 0.4) is 0 Å². The van der Waals surface area contributed by atoms with Gasteiger partial charge in [0.2, 0.25) is 0 Å². The van der Waals surface area contributed by atoms with Crippen molar-refractivity contribution in [1.82, 2.24) is 0 Å². The number of piperidine rings is 1. The number of thiophene rings is 1. The standard InChI is InChI=1S/C14H21NOS/c1-11(12(2)16)10-13-6-7-14(17-13)15-8-4-3-5-9-15/h6-7,10,12,16H,3-5,8-9H2,1-2H3/b11-10+. The molecule has 1 N–H and O–H groups in total. The Balaban J connectivity index is 2.07. The highest BCUT2D eigenvalue weighted by Gasteiger charge is 2.12. The van der Waals surface area contributed by atoms with Gasteiger partial charge in [0.25, 0.3) is 0 Å². The normalized spacial score (nSPS) is 19.5. The first-order chi connectivity index (χ1) is 8.16. The lowest BCUT2D eigenvalue weighted by Crippen LogP contribution is -2.28. The van der Waals surface area contributed by atoms with Crippen molar-refractivity contribution < 1.29 is 5.11 Å². The number of hydrogen-bond acceptors (Lipinski definition) is 3. The second-order valence-electron chi connectivity index (χ2n) is 4.79. The molecular weight excluding hydrogens is 230 g/mol. The predicted octanol–water partition coefficient (Wildman–Crippen LogP) is 3.52. The molecule has 1 saturated heterocycles. The van der Waals surface area contributed by atoms with Gasteiger partial charge in [0, 0.05) is 18.0 Å². The molecule has 2 rings (SSSR count). The monoisotopic (exact) mass is 251 g/mol. The van der Waals surface area contributed by atoms with Crippen LogP contribution in [-0.2, 0) is 0 Å². The van der Waals surface area contributed by atoms with Crippen LogP contribution in [0.1, 0.15) is 38.0 Å². The number of aliphatic hydroxyl groups excluding tert-OH is 1. The zero-order chi connectivity index (χ0) is 12.3. The Morgan fingerprint density at radius 3 is 2.71 bits per heavy atom. The Kier molecular flexibility index (Phi) is 4.24. The summed E-state index contributed by atoms with van der Waals surface area (Å²) in [5.74, 6) is 0. The van der Waals surface area contributed by atoms with Crippen LogP contribution < -0.4 is 4.90 Å². The van der Waals surface area contributed by atoms with E-state index in [2.05, 4.69) is 23.1 Å². The average Bonchev–Trinajstić information content (AvgIpc) is 2.78. The van der Waals surface area contributed by atoms with Crippen molar-refractivity contribution in [2.75, 3.05) is 18.0 Å². The van der Waals surface area contributed by atoms with Crippen LogP contribution in [0.15, 0.2) is 17.7 Å². The van der Waals surface area contributed by atoms with Crippen LogP contribution in [0.25, 0.3) is 6.08 Å². The van der Waals surface area contributed by atoms with E-state index in [0.717, 1.165) is 5.57 Å². The van der Waals surface area contributed by atoms with Gasteiger partial charge in [0.05, 0.1) is 11.1 Å². The van der Waals surface area contributed by atoms with Crippen molar-refractivity contribution in [3.8, 4) is 0 Å². The predicted molar refractivity (Wildman–Crippen MR) is 75.7 cm³/mol. The fourth-order valence-corrected chi connectivity index (χ4v) is 3.12. The summed E-state index contributed by atoms with van der Waals surface area (Å²) in [6.07, 6.45) is 5.74. The largest absolute Gasteiger partial charge is 0.389 e. The highest BCUT2D eigenvalue weighted by atomic mass is 32.1. The molecule has 2 heterocycles. The van der Waals surface area contributed by atoms with Crippen molar-refractivity contribution in [2.24, 2.45) is 0 Å². The number of anilines is 1. The molecule has 0 radical (unpaired) electrons. The second kappa shape index (κ2) is 5.69. The Morgan fingerprint density at radius 2 is 2.06 bits per heavy atom. The van der Waals surface area contributed by atoms with Gasteiger partial charge in [-0.15, -0.1) is 11.3 Å². The number of rotatable bonds is 3. The molecule has 0 aromatic carbocycles. The highest BCUT2D eigenvalue weighted by molar-refractivity contribution is 7.16. The Morgan fingerprint density at radius 1 is 1.35 bits per heavy atom. The molecule has 0 spiro atoms. The van der Waals surface area contributed by atoms with Gasteiger partial charge >= 0.3 is 0 Å². The van der Waals surface area contributed by atoms with E-state index < -0.39 is 0 Å². The highest BCUT2D eigenvalue weighted by Crippen LogP contribution is 2.30. The first kappa shape index (κ1) is 12.7. The lowest BCUT2D eigenvalue weighted by molar-refractivity contribution is 0.232. The quantitative estimate of drug-likeness (QED) is 0.888. The first-order valence-corrected chi connectivity index (χ1v) is 7.19. The first-order valence-electron chi connectivity index (χ1n) is 6.38. The maximum absolute atomic E-state index is 9.46. The second-order valence-corrected chi connectivity index (χ2v) is 5.88. The lowest BCUT2D eigenvalue weighted by atomic mass is 10.1. The van der Waals surface area contributed by atoms with Crippen LogP contribution in [0.2, 0.25) is 0 Å². The molecule has 0 bridgehead atoms. The Bertz CT molecular complexity index is 389. The van der Waals surface area contributed by atoms with Crippen molar-refractivity contribution >= 4 is 22.4 Å². The molecule has 94 valence electrons. The van der Waals surface area contributed by atoms with Crippen LogP contribution in [0.4, 0.5) is 5.00 Å². The third-order valence-electron chi connectivity index (χ3n) is 3.31. The Hall–Kier alpha value is -0.800. The molecule has 1 atom stereocenters. The van der Waals surface area contributed by atoms with E-state index in [0.29, 0.717) is 0 Å². The maximum atomic E-state index is 9.46. The average molecular weight is 251 g/mol. The summed E-state index contributed by atoms with van der Waals surface area (Å²) < 4.78 is 0. The van der Waals surface area contributed by atoms with E-state index in [1.165, 1.54) is 42.2 Å². The molecule has 1 aliphatic heterocycles. The minimum Gasteiger partial charge on any atom is -0.389 e. The molecule has 1 unspecified atom stereocenters. The van der Waals surface area contributed by atoms with Gasteiger partial charge in [-0.25, -0.2) is 0 Å².